The molecule has 1 N–H and O–H groups in total. The topological polar surface area (TPSA) is 82.4 Å². The molecule has 0 aromatic rings. The van der Waals surface area contributed by atoms with Gasteiger partial charge in [-0.15, -0.1) is 0 Å². The number of piperidine rings is 1. The van der Waals surface area contributed by atoms with Gasteiger partial charge in [-0.2, -0.15) is 5.26 Å². The number of amides is 1. The summed E-state index contributed by atoms with van der Waals surface area (Å²) in [7, 11) is 1.38. The van der Waals surface area contributed by atoms with Crippen LogP contribution in [-0.4, -0.2) is 49.6 Å². The first kappa shape index (κ1) is 15.4. The molecule has 0 spiro atoms. The summed E-state index contributed by atoms with van der Waals surface area (Å²) in [5.74, 6) is 0.0297. The maximum absolute atomic E-state index is 11.2. The van der Waals surface area contributed by atoms with Crippen LogP contribution in [-0.2, 0) is 14.3 Å². The van der Waals surface area contributed by atoms with Crippen molar-refractivity contribution in [3.63, 3.8) is 0 Å². The van der Waals surface area contributed by atoms with Gasteiger partial charge >= 0.3 is 5.97 Å². The molecule has 0 aromatic carbocycles. The van der Waals surface area contributed by atoms with E-state index < -0.39 is 0 Å². The first-order chi connectivity index (χ1) is 9.05. The first-order valence-corrected chi connectivity index (χ1v) is 6.48. The minimum absolute atomic E-state index is 0.0576. The zero-order chi connectivity index (χ0) is 14.3. The number of hydrogen-bond acceptors (Lipinski definition) is 5. The lowest BCUT2D eigenvalue weighted by Gasteiger charge is -2.36. The van der Waals surface area contributed by atoms with E-state index in [0.29, 0.717) is 25.4 Å². The van der Waals surface area contributed by atoms with Crippen LogP contribution in [0.25, 0.3) is 0 Å². The average molecular weight is 267 g/mol. The Hall–Kier alpha value is -1.61. The van der Waals surface area contributed by atoms with Gasteiger partial charge in [-0.25, -0.2) is 0 Å². The number of hydrogen-bond donors (Lipinski definition) is 1. The zero-order valence-corrected chi connectivity index (χ0v) is 11.5. The summed E-state index contributed by atoms with van der Waals surface area (Å²) in [5.41, 5.74) is 0. The molecule has 1 saturated heterocycles. The molecule has 1 aliphatic heterocycles. The quantitative estimate of drug-likeness (QED) is 0.572. The highest BCUT2D eigenvalue weighted by Crippen LogP contribution is 2.21. The van der Waals surface area contributed by atoms with Gasteiger partial charge in [-0.3, -0.25) is 14.5 Å². The third-order valence-corrected chi connectivity index (χ3v) is 3.30. The number of ether oxygens (including phenoxy) is 1. The number of rotatable bonds is 5. The number of nitrogens with one attached hydrogen (secondary N) is 1. The highest BCUT2D eigenvalue weighted by Gasteiger charge is 2.27. The maximum Gasteiger partial charge on any atom is 0.305 e. The van der Waals surface area contributed by atoms with Crippen molar-refractivity contribution in [1.29, 1.82) is 5.26 Å². The highest BCUT2D eigenvalue weighted by molar-refractivity contribution is 5.73. The molecular formula is C13H21N3O3. The molecule has 106 valence electrons. The van der Waals surface area contributed by atoms with E-state index in [1.165, 1.54) is 14.0 Å². The van der Waals surface area contributed by atoms with Crippen molar-refractivity contribution in [2.75, 3.05) is 26.7 Å². The predicted octanol–water partition coefficient (Wildman–Crippen LogP) is 0.290. The minimum atomic E-state index is -0.214. The highest BCUT2D eigenvalue weighted by atomic mass is 16.5. The van der Waals surface area contributed by atoms with E-state index in [2.05, 4.69) is 16.1 Å². The Labute approximate surface area is 113 Å². The Kier molecular flexibility index (Phi) is 6.30. The third-order valence-electron chi connectivity index (χ3n) is 3.30. The van der Waals surface area contributed by atoms with Gasteiger partial charge in [0, 0.05) is 32.5 Å². The van der Waals surface area contributed by atoms with Crippen LogP contribution in [0.15, 0.2) is 0 Å². The Morgan fingerprint density at radius 3 is 2.79 bits per heavy atom. The lowest BCUT2D eigenvalue weighted by atomic mass is 9.90. The largest absolute Gasteiger partial charge is 0.469 e. The van der Waals surface area contributed by atoms with Gasteiger partial charge in [-0.1, -0.05) is 0 Å². The molecule has 6 heteroatoms. The van der Waals surface area contributed by atoms with Crippen LogP contribution in [0.3, 0.4) is 0 Å². The van der Waals surface area contributed by atoms with Crippen molar-refractivity contribution in [2.45, 2.75) is 32.2 Å². The molecule has 1 heterocycles. The van der Waals surface area contributed by atoms with E-state index in [4.69, 9.17) is 5.26 Å². The van der Waals surface area contributed by atoms with Crippen LogP contribution in [0.4, 0.5) is 0 Å². The van der Waals surface area contributed by atoms with Gasteiger partial charge in [0.1, 0.15) is 0 Å². The number of likely N-dealkylation sites (tertiary alicyclic amines) is 1. The zero-order valence-electron chi connectivity index (χ0n) is 11.5. The molecule has 1 amide bonds. The summed E-state index contributed by atoms with van der Waals surface area (Å²) in [6.45, 7) is 3.33. The normalized spacial score (nSPS) is 23.4. The Morgan fingerprint density at radius 2 is 2.21 bits per heavy atom. The lowest BCUT2D eigenvalue weighted by molar-refractivity contribution is -0.141. The van der Waals surface area contributed by atoms with Crippen molar-refractivity contribution in [3.05, 3.63) is 0 Å². The molecule has 1 rings (SSSR count). The van der Waals surface area contributed by atoms with Crippen LogP contribution in [0.1, 0.15) is 26.2 Å². The predicted molar refractivity (Wildman–Crippen MR) is 69.0 cm³/mol. The molecule has 0 saturated carbocycles. The fourth-order valence-electron chi connectivity index (χ4n) is 2.56. The Bertz CT molecular complexity index is 365. The number of nitriles is 1. The number of esters is 1. The number of methoxy groups -OCH3 is 1. The van der Waals surface area contributed by atoms with Gasteiger partial charge in [0.25, 0.3) is 0 Å². The van der Waals surface area contributed by atoms with E-state index >= 15 is 0 Å². The second-order valence-electron chi connectivity index (χ2n) is 4.97. The van der Waals surface area contributed by atoms with Crippen LogP contribution in [0, 0.1) is 17.2 Å². The summed E-state index contributed by atoms with van der Waals surface area (Å²) >= 11 is 0. The lowest BCUT2D eigenvalue weighted by Crippen LogP contribution is -2.50. The summed E-state index contributed by atoms with van der Waals surface area (Å²) < 4.78 is 4.63. The molecule has 1 fully saturated rings. The minimum Gasteiger partial charge on any atom is -0.469 e. The second kappa shape index (κ2) is 7.74. The van der Waals surface area contributed by atoms with Crippen LogP contribution in [0.2, 0.25) is 0 Å². The number of carbonyl (C=O) groups is 2. The second-order valence-corrected chi connectivity index (χ2v) is 4.97. The van der Waals surface area contributed by atoms with E-state index in [9.17, 15) is 9.59 Å². The van der Waals surface area contributed by atoms with E-state index in [-0.39, 0.29) is 17.9 Å². The van der Waals surface area contributed by atoms with Crippen molar-refractivity contribution >= 4 is 11.9 Å². The van der Waals surface area contributed by atoms with Crippen molar-refractivity contribution in [1.82, 2.24) is 10.2 Å². The summed E-state index contributed by atoms with van der Waals surface area (Å²) in [5, 5.41) is 11.7. The molecule has 0 aromatic heterocycles. The first-order valence-electron chi connectivity index (χ1n) is 6.48. The summed E-state index contributed by atoms with van der Waals surface area (Å²) in [4.78, 5) is 24.3. The molecule has 0 aliphatic carbocycles. The van der Waals surface area contributed by atoms with Gasteiger partial charge in [0.2, 0.25) is 5.91 Å². The van der Waals surface area contributed by atoms with E-state index in [0.717, 1.165) is 19.4 Å². The summed E-state index contributed by atoms with van der Waals surface area (Å²) in [6.07, 6.45) is 1.96. The molecule has 1 aliphatic rings. The fraction of sp³-hybridized carbons (Fsp3) is 0.769. The Morgan fingerprint density at radius 1 is 1.47 bits per heavy atom. The van der Waals surface area contributed by atoms with Crippen molar-refractivity contribution in [3.8, 4) is 6.07 Å². The fourth-order valence-corrected chi connectivity index (χ4v) is 2.56. The molecular weight excluding hydrogens is 246 g/mol. The molecule has 6 nitrogen and oxygen atoms in total. The van der Waals surface area contributed by atoms with E-state index in [1.54, 1.807) is 0 Å². The molecule has 19 heavy (non-hydrogen) atoms. The van der Waals surface area contributed by atoms with Gasteiger partial charge in [0.05, 0.1) is 19.7 Å². The molecule has 0 radical (unpaired) electrons. The van der Waals surface area contributed by atoms with Crippen LogP contribution in [0.5, 0.6) is 0 Å². The SMILES string of the molecule is COC(=O)CCC1CC(NC(C)=O)CN(CC#N)C1. The van der Waals surface area contributed by atoms with Gasteiger partial charge in [-0.05, 0) is 18.8 Å². The number of carbonyl (C=O) groups excluding carboxylic acids is 2. The monoisotopic (exact) mass is 267 g/mol. The van der Waals surface area contributed by atoms with Gasteiger partial charge in [0.15, 0.2) is 0 Å². The summed E-state index contributed by atoms with van der Waals surface area (Å²) in [6, 6.07) is 2.19. The smallest absolute Gasteiger partial charge is 0.305 e. The average Bonchev–Trinajstić information content (AvgIpc) is 2.35. The van der Waals surface area contributed by atoms with E-state index in [1.807, 2.05) is 4.90 Å². The molecule has 2 atom stereocenters. The van der Waals surface area contributed by atoms with Gasteiger partial charge < -0.3 is 10.1 Å². The third kappa shape index (κ3) is 5.71. The van der Waals surface area contributed by atoms with Crippen molar-refractivity contribution in [2.24, 2.45) is 5.92 Å². The van der Waals surface area contributed by atoms with Crippen LogP contribution >= 0.6 is 0 Å². The van der Waals surface area contributed by atoms with Crippen molar-refractivity contribution < 1.29 is 14.3 Å². The Balaban J connectivity index is 2.52. The molecule has 2 unspecified atom stereocenters. The maximum atomic E-state index is 11.2. The standard InChI is InChI=1S/C13H21N3O3/c1-10(17)15-12-7-11(3-4-13(18)19-2)8-16(9-12)6-5-14/h11-12H,3-4,6-9H2,1-2H3,(H,15,17). The van der Waals surface area contributed by atoms with Crippen LogP contribution < -0.4 is 5.32 Å². The molecule has 0 bridgehead atoms. The number of nitrogens with zero attached hydrogens (tertiary/aromatic N) is 2.